The maximum absolute atomic E-state index is 6.35. The molecule has 3 rings (SSSR count). The molecule has 0 spiro atoms. The lowest BCUT2D eigenvalue weighted by Gasteiger charge is -2.27. The molecule has 0 aliphatic carbocycles. The first-order chi connectivity index (χ1) is 17.2. The molecule has 0 aliphatic heterocycles. The van der Waals surface area contributed by atoms with Gasteiger partial charge in [-0.25, -0.2) is 0 Å². The molecule has 0 saturated heterocycles. The van der Waals surface area contributed by atoms with E-state index in [0.29, 0.717) is 19.1 Å². The normalized spacial score (nSPS) is 14.2. The van der Waals surface area contributed by atoms with Crippen molar-refractivity contribution in [3.63, 3.8) is 0 Å². The van der Waals surface area contributed by atoms with E-state index in [0.717, 1.165) is 33.8 Å². The van der Waals surface area contributed by atoms with Crippen LogP contribution in [-0.2, 0) is 9.47 Å². The summed E-state index contributed by atoms with van der Waals surface area (Å²) in [7, 11) is 3.44. The van der Waals surface area contributed by atoms with Crippen molar-refractivity contribution in [2.75, 3.05) is 27.4 Å². The Hall–Kier alpha value is -2.82. The molecule has 0 fully saturated rings. The van der Waals surface area contributed by atoms with Gasteiger partial charge in [0.15, 0.2) is 0 Å². The summed E-state index contributed by atoms with van der Waals surface area (Å²) < 4.78 is 23.8. The fraction of sp³-hybridized carbons (Fsp3) is 0.438. The third-order valence-electron chi connectivity index (χ3n) is 7.11. The van der Waals surface area contributed by atoms with E-state index >= 15 is 0 Å². The molecule has 0 radical (unpaired) electrons. The molecule has 3 aromatic rings. The summed E-state index contributed by atoms with van der Waals surface area (Å²) in [5, 5.41) is 0. The maximum Gasteiger partial charge on any atom is 0.131 e. The standard InChI is InChI=1S/C32H42O4/c1-22(32(4,5)6)25-14-16-28(17-15-25)35-18-19-36-31-29(23(2)33-7)20-27(21-30(31)24(3)34-8)26-12-10-9-11-13-26/h9-17,20-24H,18-19H2,1-8H3. The van der Waals surface area contributed by atoms with E-state index in [4.69, 9.17) is 18.9 Å². The Balaban J connectivity index is 1.78. The van der Waals surface area contributed by atoms with Crippen LogP contribution >= 0.6 is 0 Å². The van der Waals surface area contributed by atoms with E-state index in [-0.39, 0.29) is 17.6 Å². The summed E-state index contributed by atoms with van der Waals surface area (Å²) in [6.45, 7) is 14.0. The molecule has 194 valence electrons. The van der Waals surface area contributed by atoms with Gasteiger partial charge in [0.1, 0.15) is 24.7 Å². The summed E-state index contributed by atoms with van der Waals surface area (Å²) in [4.78, 5) is 0. The summed E-state index contributed by atoms with van der Waals surface area (Å²) in [5.41, 5.74) is 5.80. The lowest BCUT2D eigenvalue weighted by atomic mass is 9.78. The monoisotopic (exact) mass is 490 g/mol. The van der Waals surface area contributed by atoms with Crippen molar-refractivity contribution in [1.29, 1.82) is 0 Å². The first-order valence-electron chi connectivity index (χ1n) is 12.8. The van der Waals surface area contributed by atoms with Crippen LogP contribution in [0.5, 0.6) is 11.5 Å². The topological polar surface area (TPSA) is 36.9 Å². The summed E-state index contributed by atoms with van der Waals surface area (Å²) in [6.07, 6.45) is -0.269. The van der Waals surface area contributed by atoms with Crippen molar-refractivity contribution in [1.82, 2.24) is 0 Å². The van der Waals surface area contributed by atoms with Gasteiger partial charge >= 0.3 is 0 Å². The second-order valence-electron chi connectivity index (χ2n) is 10.5. The zero-order valence-electron chi connectivity index (χ0n) is 23.1. The molecule has 36 heavy (non-hydrogen) atoms. The van der Waals surface area contributed by atoms with Gasteiger partial charge in [0.25, 0.3) is 0 Å². The average molecular weight is 491 g/mol. The Morgan fingerprint density at radius 1 is 0.667 bits per heavy atom. The zero-order chi connectivity index (χ0) is 26.3. The highest BCUT2D eigenvalue weighted by atomic mass is 16.5. The van der Waals surface area contributed by atoms with Gasteiger partial charge in [0.05, 0.1) is 12.2 Å². The van der Waals surface area contributed by atoms with Crippen LogP contribution in [-0.4, -0.2) is 27.4 Å². The minimum atomic E-state index is -0.135. The summed E-state index contributed by atoms with van der Waals surface area (Å²) >= 11 is 0. The van der Waals surface area contributed by atoms with E-state index in [9.17, 15) is 0 Å². The molecule has 0 bridgehead atoms. The average Bonchev–Trinajstić information content (AvgIpc) is 2.89. The number of methoxy groups -OCH3 is 2. The Kier molecular flexibility index (Phi) is 9.58. The van der Waals surface area contributed by atoms with Gasteiger partial charge in [0, 0.05) is 25.3 Å². The third kappa shape index (κ3) is 6.89. The molecule has 4 heteroatoms. The van der Waals surface area contributed by atoms with Crippen LogP contribution in [0.2, 0.25) is 0 Å². The predicted octanol–water partition coefficient (Wildman–Crippen LogP) is 8.38. The van der Waals surface area contributed by atoms with Gasteiger partial charge in [-0.2, -0.15) is 0 Å². The van der Waals surface area contributed by atoms with Crippen molar-refractivity contribution in [2.45, 2.75) is 59.7 Å². The minimum absolute atomic E-state index is 0.135. The minimum Gasteiger partial charge on any atom is -0.490 e. The first kappa shape index (κ1) is 27.8. The Morgan fingerprint density at radius 2 is 1.19 bits per heavy atom. The fourth-order valence-corrected chi connectivity index (χ4v) is 4.15. The van der Waals surface area contributed by atoms with Crippen molar-refractivity contribution < 1.29 is 18.9 Å². The third-order valence-corrected chi connectivity index (χ3v) is 7.11. The number of benzene rings is 3. The van der Waals surface area contributed by atoms with Gasteiger partial charge in [0.2, 0.25) is 0 Å². The number of rotatable bonds is 11. The molecular formula is C32H42O4. The van der Waals surface area contributed by atoms with Crippen LogP contribution in [0.3, 0.4) is 0 Å². The van der Waals surface area contributed by atoms with Crippen molar-refractivity contribution in [2.24, 2.45) is 5.41 Å². The van der Waals surface area contributed by atoms with Gasteiger partial charge in [-0.1, -0.05) is 70.2 Å². The zero-order valence-corrected chi connectivity index (χ0v) is 23.1. The molecular weight excluding hydrogens is 448 g/mol. The molecule has 0 heterocycles. The van der Waals surface area contributed by atoms with Crippen LogP contribution < -0.4 is 9.47 Å². The van der Waals surface area contributed by atoms with E-state index in [1.807, 2.05) is 44.2 Å². The van der Waals surface area contributed by atoms with Crippen LogP contribution in [0, 0.1) is 5.41 Å². The molecule has 3 aromatic carbocycles. The van der Waals surface area contributed by atoms with E-state index in [1.165, 1.54) is 5.56 Å². The SMILES string of the molecule is COC(C)c1cc(-c2ccccc2)cc(C(C)OC)c1OCCOc1ccc(C(C)C(C)(C)C)cc1. The van der Waals surface area contributed by atoms with Gasteiger partial charge in [-0.05, 0) is 66.1 Å². The predicted molar refractivity (Wildman–Crippen MR) is 148 cm³/mol. The van der Waals surface area contributed by atoms with Crippen LogP contribution in [0.1, 0.15) is 76.4 Å². The second-order valence-corrected chi connectivity index (χ2v) is 10.5. The molecule has 4 nitrogen and oxygen atoms in total. The van der Waals surface area contributed by atoms with Crippen molar-refractivity contribution in [3.05, 3.63) is 83.4 Å². The molecule has 3 unspecified atom stereocenters. The molecule has 3 atom stereocenters. The van der Waals surface area contributed by atoms with Crippen LogP contribution in [0.15, 0.2) is 66.7 Å². The van der Waals surface area contributed by atoms with E-state index in [2.05, 4.69) is 64.1 Å². The molecule has 0 N–H and O–H groups in total. The molecule has 0 aromatic heterocycles. The summed E-state index contributed by atoms with van der Waals surface area (Å²) in [6, 6.07) is 23.1. The molecule has 0 aliphatic rings. The highest BCUT2D eigenvalue weighted by Gasteiger charge is 2.22. The summed E-state index contributed by atoms with van der Waals surface area (Å²) in [5.74, 6) is 2.12. The fourth-order valence-electron chi connectivity index (χ4n) is 4.15. The molecule has 0 saturated carbocycles. The van der Waals surface area contributed by atoms with Crippen LogP contribution in [0.4, 0.5) is 0 Å². The maximum atomic E-state index is 6.35. The number of hydrogen-bond acceptors (Lipinski definition) is 4. The van der Waals surface area contributed by atoms with Gasteiger partial charge in [-0.15, -0.1) is 0 Å². The smallest absolute Gasteiger partial charge is 0.131 e. The molecule has 0 amide bonds. The van der Waals surface area contributed by atoms with Crippen molar-refractivity contribution >= 4 is 0 Å². The second kappa shape index (κ2) is 12.4. The Labute approximate surface area is 217 Å². The van der Waals surface area contributed by atoms with Crippen molar-refractivity contribution in [3.8, 4) is 22.6 Å². The van der Waals surface area contributed by atoms with Gasteiger partial charge < -0.3 is 18.9 Å². The van der Waals surface area contributed by atoms with E-state index in [1.54, 1.807) is 14.2 Å². The highest BCUT2D eigenvalue weighted by Crippen LogP contribution is 2.39. The highest BCUT2D eigenvalue weighted by molar-refractivity contribution is 5.68. The largest absolute Gasteiger partial charge is 0.490 e. The van der Waals surface area contributed by atoms with E-state index < -0.39 is 0 Å². The Bertz CT molecular complexity index is 1050. The van der Waals surface area contributed by atoms with Crippen LogP contribution in [0.25, 0.3) is 11.1 Å². The van der Waals surface area contributed by atoms with Gasteiger partial charge in [-0.3, -0.25) is 0 Å². The quantitative estimate of drug-likeness (QED) is 0.253. The first-order valence-corrected chi connectivity index (χ1v) is 12.8. The Morgan fingerprint density at radius 3 is 1.69 bits per heavy atom. The lowest BCUT2D eigenvalue weighted by Crippen LogP contribution is -2.15. The lowest BCUT2D eigenvalue weighted by molar-refractivity contribution is 0.105. The number of hydrogen-bond donors (Lipinski definition) is 0. The number of ether oxygens (including phenoxy) is 4.